The van der Waals surface area contributed by atoms with Crippen LogP contribution in [0.3, 0.4) is 0 Å². The van der Waals surface area contributed by atoms with Gasteiger partial charge in [0.15, 0.2) is 0 Å². The standard InChI is InChI=1S/C13H16Cl2N2/c1-17-5-7-2-3-8-12(9(7)6-17)10(14)4-11(15)13(8)16/h4,7,9H,2-3,5-6,16H2,1H3. The van der Waals surface area contributed by atoms with Gasteiger partial charge in [0, 0.05) is 24.0 Å². The first-order chi connectivity index (χ1) is 8.08. The summed E-state index contributed by atoms with van der Waals surface area (Å²) in [4.78, 5) is 2.38. The average molecular weight is 271 g/mol. The van der Waals surface area contributed by atoms with E-state index in [-0.39, 0.29) is 0 Å². The molecule has 1 aliphatic carbocycles. The fourth-order valence-electron chi connectivity index (χ4n) is 3.41. The molecule has 0 amide bonds. The van der Waals surface area contributed by atoms with Gasteiger partial charge < -0.3 is 10.6 Å². The maximum absolute atomic E-state index is 6.38. The second kappa shape index (κ2) is 4.04. The molecule has 0 aromatic heterocycles. The summed E-state index contributed by atoms with van der Waals surface area (Å²) in [5.41, 5.74) is 9.27. The summed E-state index contributed by atoms with van der Waals surface area (Å²) < 4.78 is 0. The zero-order chi connectivity index (χ0) is 12.2. The highest BCUT2D eigenvalue weighted by molar-refractivity contribution is 6.37. The van der Waals surface area contributed by atoms with Gasteiger partial charge in [0.1, 0.15) is 0 Å². The highest BCUT2D eigenvalue weighted by atomic mass is 35.5. The van der Waals surface area contributed by atoms with Gasteiger partial charge in [0.05, 0.1) is 10.7 Å². The number of hydrogen-bond acceptors (Lipinski definition) is 2. The predicted octanol–water partition coefficient (Wildman–Crippen LogP) is 3.17. The minimum Gasteiger partial charge on any atom is -0.397 e. The number of rotatable bonds is 0. The Hall–Kier alpha value is -0.440. The predicted molar refractivity (Wildman–Crippen MR) is 72.9 cm³/mol. The van der Waals surface area contributed by atoms with E-state index in [1.54, 1.807) is 6.07 Å². The van der Waals surface area contributed by atoms with E-state index in [0.29, 0.717) is 10.9 Å². The fourth-order valence-corrected chi connectivity index (χ4v) is 4.05. The van der Waals surface area contributed by atoms with Crippen molar-refractivity contribution in [2.24, 2.45) is 5.92 Å². The van der Waals surface area contributed by atoms with E-state index >= 15 is 0 Å². The van der Waals surface area contributed by atoms with Crippen molar-refractivity contribution in [2.75, 3.05) is 25.9 Å². The molecule has 4 heteroatoms. The highest BCUT2D eigenvalue weighted by Crippen LogP contribution is 2.47. The Bertz CT molecular complexity index is 473. The van der Waals surface area contributed by atoms with Crippen molar-refractivity contribution in [1.29, 1.82) is 0 Å². The summed E-state index contributed by atoms with van der Waals surface area (Å²) in [6.45, 7) is 2.25. The molecule has 2 aliphatic rings. The number of anilines is 1. The van der Waals surface area contributed by atoms with Crippen LogP contribution in [0.4, 0.5) is 5.69 Å². The first-order valence-electron chi connectivity index (χ1n) is 6.02. The van der Waals surface area contributed by atoms with Crippen molar-refractivity contribution in [1.82, 2.24) is 4.90 Å². The minimum absolute atomic E-state index is 0.538. The van der Waals surface area contributed by atoms with Crippen molar-refractivity contribution in [3.63, 3.8) is 0 Å². The lowest BCUT2D eigenvalue weighted by Crippen LogP contribution is -2.20. The molecule has 0 radical (unpaired) electrons. The van der Waals surface area contributed by atoms with Gasteiger partial charge in [0.25, 0.3) is 0 Å². The summed E-state index contributed by atoms with van der Waals surface area (Å²) >= 11 is 12.5. The van der Waals surface area contributed by atoms with Crippen LogP contribution in [0.15, 0.2) is 6.07 Å². The van der Waals surface area contributed by atoms with Crippen LogP contribution in [-0.2, 0) is 6.42 Å². The Morgan fingerprint density at radius 1 is 1.29 bits per heavy atom. The molecular formula is C13H16Cl2N2. The fraction of sp³-hybridized carbons (Fsp3) is 0.538. The monoisotopic (exact) mass is 270 g/mol. The maximum Gasteiger partial charge on any atom is 0.0653 e. The van der Waals surface area contributed by atoms with Crippen LogP contribution >= 0.6 is 23.2 Å². The van der Waals surface area contributed by atoms with E-state index in [0.717, 1.165) is 29.6 Å². The van der Waals surface area contributed by atoms with Crippen molar-refractivity contribution in [3.8, 4) is 0 Å². The molecule has 1 fully saturated rings. The van der Waals surface area contributed by atoms with Gasteiger partial charge in [-0.1, -0.05) is 23.2 Å². The Morgan fingerprint density at radius 2 is 2.06 bits per heavy atom. The molecule has 1 saturated heterocycles. The van der Waals surface area contributed by atoms with Gasteiger partial charge in [-0.25, -0.2) is 0 Å². The Morgan fingerprint density at radius 3 is 2.82 bits per heavy atom. The molecule has 92 valence electrons. The smallest absolute Gasteiger partial charge is 0.0653 e. The van der Waals surface area contributed by atoms with Crippen LogP contribution in [0.25, 0.3) is 0 Å². The average Bonchev–Trinajstić information content (AvgIpc) is 2.65. The number of likely N-dealkylation sites (tertiary alicyclic amines) is 1. The van der Waals surface area contributed by atoms with Crippen molar-refractivity contribution >= 4 is 28.9 Å². The first-order valence-corrected chi connectivity index (χ1v) is 6.78. The molecule has 3 rings (SSSR count). The number of hydrogen-bond donors (Lipinski definition) is 1. The Kier molecular flexibility index (Phi) is 2.77. The lowest BCUT2D eigenvalue weighted by atomic mass is 9.76. The Balaban J connectivity index is 2.14. The Labute approximate surface area is 112 Å². The normalized spacial score (nSPS) is 27.9. The number of fused-ring (bicyclic) bond motifs is 3. The highest BCUT2D eigenvalue weighted by Gasteiger charge is 2.38. The number of nitrogens with two attached hydrogens (primary N) is 1. The molecule has 1 aliphatic heterocycles. The molecule has 2 atom stereocenters. The molecule has 0 saturated carbocycles. The van der Waals surface area contributed by atoms with Crippen molar-refractivity contribution in [2.45, 2.75) is 18.8 Å². The van der Waals surface area contributed by atoms with Crippen LogP contribution in [0.2, 0.25) is 10.0 Å². The van der Waals surface area contributed by atoms with Gasteiger partial charge in [-0.15, -0.1) is 0 Å². The molecule has 2 unspecified atom stereocenters. The lowest BCUT2D eigenvalue weighted by Gasteiger charge is -2.29. The zero-order valence-corrected chi connectivity index (χ0v) is 11.4. The molecular weight excluding hydrogens is 255 g/mol. The van der Waals surface area contributed by atoms with Crippen LogP contribution in [0.5, 0.6) is 0 Å². The molecule has 1 aromatic carbocycles. The molecule has 2 nitrogen and oxygen atoms in total. The quantitative estimate of drug-likeness (QED) is 0.734. The third-order valence-electron chi connectivity index (χ3n) is 4.18. The van der Waals surface area contributed by atoms with Gasteiger partial charge in [0.2, 0.25) is 0 Å². The van der Waals surface area contributed by atoms with Crippen LogP contribution in [-0.4, -0.2) is 25.0 Å². The summed E-state index contributed by atoms with van der Waals surface area (Å²) in [6.07, 6.45) is 2.21. The lowest BCUT2D eigenvalue weighted by molar-refractivity contribution is 0.387. The van der Waals surface area contributed by atoms with E-state index < -0.39 is 0 Å². The van der Waals surface area contributed by atoms with Crippen molar-refractivity contribution < 1.29 is 0 Å². The number of halogens is 2. The summed E-state index contributed by atoms with van der Waals surface area (Å²) in [5.74, 6) is 1.27. The van der Waals surface area contributed by atoms with E-state index in [1.807, 2.05) is 0 Å². The number of likely N-dealkylation sites (N-methyl/N-ethyl adjacent to an activating group) is 1. The topological polar surface area (TPSA) is 29.3 Å². The molecule has 0 spiro atoms. The SMILES string of the molecule is CN1CC2CCc3c(N)c(Cl)cc(Cl)c3C2C1. The number of benzene rings is 1. The van der Waals surface area contributed by atoms with E-state index in [1.165, 1.54) is 24.1 Å². The minimum atomic E-state index is 0.538. The van der Waals surface area contributed by atoms with E-state index in [2.05, 4.69) is 11.9 Å². The van der Waals surface area contributed by atoms with E-state index in [9.17, 15) is 0 Å². The first kappa shape index (κ1) is 11.6. The number of nitrogens with zero attached hydrogens (tertiary/aromatic N) is 1. The molecule has 1 aromatic rings. The third-order valence-corrected chi connectivity index (χ3v) is 4.80. The van der Waals surface area contributed by atoms with Crippen molar-refractivity contribution in [3.05, 3.63) is 27.2 Å². The second-order valence-electron chi connectivity index (χ2n) is 5.27. The van der Waals surface area contributed by atoms with Gasteiger partial charge in [-0.3, -0.25) is 0 Å². The zero-order valence-electron chi connectivity index (χ0n) is 9.84. The molecule has 1 heterocycles. The maximum atomic E-state index is 6.38. The van der Waals surface area contributed by atoms with Gasteiger partial charge in [-0.2, -0.15) is 0 Å². The number of nitrogen functional groups attached to an aromatic ring is 1. The largest absolute Gasteiger partial charge is 0.397 e. The van der Waals surface area contributed by atoms with Gasteiger partial charge in [-0.05, 0) is 43.0 Å². The molecule has 2 N–H and O–H groups in total. The van der Waals surface area contributed by atoms with Crippen LogP contribution < -0.4 is 5.73 Å². The van der Waals surface area contributed by atoms with Gasteiger partial charge >= 0.3 is 0 Å². The third kappa shape index (κ3) is 1.74. The van der Waals surface area contributed by atoms with Crippen LogP contribution in [0.1, 0.15) is 23.5 Å². The summed E-state index contributed by atoms with van der Waals surface area (Å²) in [7, 11) is 2.17. The second-order valence-corrected chi connectivity index (χ2v) is 6.09. The van der Waals surface area contributed by atoms with E-state index in [4.69, 9.17) is 28.9 Å². The summed E-state index contributed by atoms with van der Waals surface area (Å²) in [5, 5.41) is 1.39. The molecule has 0 bridgehead atoms. The summed E-state index contributed by atoms with van der Waals surface area (Å²) in [6, 6.07) is 1.80. The molecule has 17 heavy (non-hydrogen) atoms. The van der Waals surface area contributed by atoms with Crippen LogP contribution in [0, 0.1) is 5.92 Å².